The van der Waals surface area contributed by atoms with Crippen LogP contribution in [0.1, 0.15) is 24.8 Å². The molecular formula is C31H30N6O2. The molecule has 1 fully saturated rings. The van der Waals surface area contributed by atoms with Gasteiger partial charge in [0.1, 0.15) is 11.3 Å². The maximum Gasteiger partial charge on any atom is 0.303 e. The molecule has 3 aromatic heterocycles. The molecule has 0 spiro atoms. The van der Waals surface area contributed by atoms with Crippen molar-refractivity contribution in [2.24, 2.45) is 5.92 Å². The van der Waals surface area contributed by atoms with Crippen LogP contribution in [-0.2, 0) is 11.3 Å². The average Bonchev–Trinajstić information content (AvgIpc) is 3.33. The maximum atomic E-state index is 11.0. The van der Waals surface area contributed by atoms with Crippen molar-refractivity contribution in [2.75, 3.05) is 18.8 Å². The Labute approximate surface area is 226 Å². The second-order valence-electron chi connectivity index (χ2n) is 10.1. The molecule has 0 unspecified atom stereocenters. The van der Waals surface area contributed by atoms with Crippen LogP contribution in [0.25, 0.3) is 39.5 Å². The third-order valence-electron chi connectivity index (χ3n) is 7.42. The number of carboxylic acids is 1. The fourth-order valence-corrected chi connectivity index (χ4v) is 5.36. The number of rotatable bonds is 7. The Morgan fingerprint density at radius 1 is 0.923 bits per heavy atom. The number of fused-ring (bicyclic) bond motifs is 1. The number of imidazole rings is 1. The highest BCUT2D eigenvalue weighted by Crippen LogP contribution is 2.32. The van der Waals surface area contributed by atoms with Crippen molar-refractivity contribution in [3.63, 3.8) is 0 Å². The van der Waals surface area contributed by atoms with Crippen molar-refractivity contribution < 1.29 is 9.90 Å². The summed E-state index contributed by atoms with van der Waals surface area (Å²) in [7, 11) is 0. The summed E-state index contributed by atoms with van der Waals surface area (Å²) >= 11 is 0. The molecular weight excluding hydrogens is 488 g/mol. The van der Waals surface area contributed by atoms with E-state index in [2.05, 4.69) is 38.7 Å². The van der Waals surface area contributed by atoms with Gasteiger partial charge in [0.15, 0.2) is 11.5 Å². The Kier molecular flexibility index (Phi) is 6.77. The summed E-state index contributed by atoms with van der Waals surface area (Å²) in [4.78, 5) is 27.7. The number of aliphatic carboxylic acids is 1. The van der Waals surface area contributed by atoms with Crippen LogP contribution >= 0.6 is 0 Å². The largest absolute Gasteiger partial charge is 0.481 e. The van der Waals surface area contributed by atoms with E-state index in [-0.39, 0.29) is 12.3 Å². The molecule has 0 amide bonds. The standard InChI is InChI=1S/C31H30N6O2/c32-29-25(7-4-16-33-29)30-35-27-13-12-26(23-5-2-1-3-6-23)34-31(27)37(30)24-10-8-22(9-11-24)20-36-17-14-21(15-18-36)19-28(38)39/h1-13,16,21H,14-15,17-20H2,(H2,32,33)(H,38,39). The molecule has 8 heteroatoms. The molecule has 196 valence electrons. The number of hydrogen-bond donors (Lipinski definition) is 2. The lowest BCUT2D eigenvalue weighted by Crippen LogP contribution is -2.33. The van der Waals surface area contributed by atoms with Crippen LogP contribution in [0.4, 0.5) is 5.82 Å². The summed E-state index contributed by atoms with van der Waals surface area (Å²) < 4.78 is 2.05. The number of carboxylic acid groups (broad SMARTS) is 1. The number of nitrogens with two attached hydrogens (primary N) is 1. The normalized spacial score (nSPS) is 14.6. The van der Waals surface area contributed by atoms with Gasteiger partial charge in [-0.1, -0.05) is 42.5 Å². The van der Waals surface area contributed by atoms with Crippen LogP contribution in [-0.4, -0.2) is 48.6 Å². The van der Waals surface area contributed by atoms with Gasteiger partial charge < -0.3 is 10.8 Å². The van der Waals surface area contributed by atoms with Crippen molar-refractivity contribution in [2.45, 2.75) is 25.8 Å². The van der Waals surface area contributed by atoms with Crippen molar-refractivity contribution in [1.82, 2.24) is 24.4 Å². The zero-order valence-electron chi connectivity index (χ0n) is 21.6. The molecule has 0 atom stereocenters. The van der Waals surface area contributed by atoms with Crippen molar-refractivity contribution in [1.29, 1.82) is 0 Å². The highest BCUT2D eigenvalue weighted by Gasteiger charge is 2.22. The van der Waals surface area contributed by atoms with Crippen LogP contribution < -0.4 is 5.73 Å². The number of pyridine rings is 2. The molecule has 2 aromatic carbocycles. The number of anilines is 1. The van der Waals surface area contributed by atoms with Gasteiger partial charge in [-0.15, -0.1) is 0 Å². The lowest BCUT2D eigenvalue weighted by atomic mass is 9.93. The average molecular weight is 519 g/mol. The van der Waals surface area contributed by atoms with Crippen molar-refractivity contribution in [3.05, 3.63) is 90.6 Å². The van der Waals surface area contributed by atoms with Crippen LogP contribution in [0.5, 0.6) is 0 Å². The number of nitrogen functional groups attached to an aromatic ring is 1. The second kappa shape index (κ2) is 10.7. The van der Waals surface area contributed by atoms with Gasteiger partial charge in [0.2, 0.25) is 0 Å². The first-order chi connectivity index (χ1) is 19.0. The van der Waals surface area contributed by atoms with Gasteiger partial charge in [0.25, 0.3) is 0 Å². The molecule has 0 saturated carbocycles. The van der Waals surface area contributed by atoms with Gasteiger partial charge in [0, 0.05) is 30.4 Å². The first-order valence-electron chi connectivity index (χ1n) is 13.2. The Morgan fingerprint density at radius 3 is 2.41 bits per heavy atom. The minimum atomic E-state index is -0.700. The van der Waals surface area contributed by atoms with E-state index in [0.717, 1.165) is 66.1 Å². The number of carbonyl (C=O) groups is 1. The summed E-state index contributed by atoms with van der Waals surface area (Å²) in [5.41, 5.74) is 12.6. The van der Waals surface area contributed by atoms with E-state index < -0.39 is 5.97 Å². The molecule has 1 aliphatic rings. The van der Waals surface area contributed by atoms with E-state index in [9.17, 15) is 4.79 Å². The number of likely N-dealkylation sites (tertiary alicyclic amines) is 1. The van der Waals surface area contributed by atoms with E-state index in [1.807, 2.05) is 54.6 Å². The SMILES string of the molecule is Nc1ncccc1-c1nc2ccc(-c3ccccc3)nc2n1-c1ccc(CN2CCC(CC(=O)O)CC2)cc1. The number of piperidine rings is 1. The summed E-state index contributed by atoms with van der Waals surface area (Å²) in [5, 5.41) is 9.08. The van der Waals surface area contributed by atoms with Gasteiger partial charge in [-0.3, -0.25) is 14.3 Å². The van der Waals surface area contributed by atoms with Crippen LogP contribution in [0.15, 0.2) is 85.1 Å². The molecule has 0 bridgehead atoms. The molecule has 1 aliphatic heterocycles. The molecule has 39 heavy (non-hydrogen) atoms. The van der Waals surface area contributed by atoms with Crippen molar-refractivity contribution in [3.8, 4) is 28.3 Å². The number of aromatic nitrogens is 4. The predicted octanol–water partition coefficient (Wildman–Crippen LogP) is 5.42. The third kappa shape index (κ3) is 5.24. The first kappa shape index (κ1) is 24.8. The first-order valence-corrected chi connectivity index (χ1v) is 13.2. The second-order valence-corrected chi connectivity index (χ2v) is 10.1. The van der Waals surface area contributed by atoms with Crippen LogP contribution in [0.3, 0.4) is 0 Å². The Hall–Kier alpha value is -4.56. The third-order valence-corrected chi connectivity index (χ3v) is 7.42. The molecule has 0 radical (unpaired) electrons. The lowest BCUT2D eigenvalue weighted by Gasteiger charge is -2.31. The number of hydrogen-bond acceptors (Lipinski definition) is 6. The molecule has 4 heterocycles. The number of benzene rings is 2. The molecule has 1 saturated heterocycles. The van der Waals surface area contributed by atoms with Crippen LogP contribution in [0.2, 0.25) is 0 Å². The zero-order chi connectivity index (χ0) is 26.8. The highest BCUT2D eigenvalue weighted by atomic mass is 16.4. The van der Waals surface area contributed by atoms with Gasteiger partial charge in [0.05, 0.1) is 11.3 Å². The predicted molar refractivity (Wildman–Crippen MR) is 152 cm³/mol. The van der Waals surface area contributed by atoms with Crippen LogP contribution in [0, 0.1) is 5.92 Å². The minimum Gasteiger partial charge on any atom is -0.481 e. The molecule has 0 aliphatic carbocycles. The quantitative estimate of drug-likeness (QED) is 0.296. The van der Waals surface area contributed by atoms with Gasteiger partial charge >= 0.3 is 5.97 Å². The van der Waals surface area contributed by atoms with E-state index >= 15 is 0 Å². The monoisotopic (exact) mass is 518 g/mol. The van der Waals surface area contributed by atoms with Gasteiger partial charge in [-0.2, -0.15) is 0 Å². The lowest BCUT2D eigenvalue weighted by molar-refractivity contribution is -0.138. The molecule has 5 aromatic rings. The van der Waals surface area contributed by atoms with E-state index in [4.69, 9.17) is 20.8 Å². The van der Waals surface area contributed by atoms with E-state index in [0.29, 0.717) is 11.6 Å². The Bertz CT molecular complexity index is 1610. The van der Waals surface area contributed by atoms with E-state index in [1.165, 1.54) is 5.56 Å². The smallest absolute Gasteiger partial charge is 0.303 e. The Balaban J connectivity index is 1.34. The number of nitrogens with zero attached hydrogens (tertiary/aromatic N) is 5. The summed E-state index contributed by atoms with van der Waals surface area (Å²) in [6.45, 7) is 2.68. The van der Waals surface area contributed by atoms with Gasteiger partial charge in [-0.05, 0) is 73.8 Å². The van der Waals surface area contributed by atoms with E-state index in [1.54, 1.807) is 6.20 Å². The highest BCUT2D eigenvalue weighted by molar-refractivity contribution is 5.84. The molecule has 3 N–H and O–H groups in total. The summed E-state index contributed by atoms with van der Waals surface area (Å²) in [6, 6.07) is 26.4. The van der Waals surface area contributed by atoms with Crippen molar-refractivity contribution >= 4 is 23.0 Å². The Morgan fingerprint density at radius 2 is 1.69 bits per heavy atom. The molecule has 8 nitrogen and oxygen atoms in total. The fourth-order valence-electron chi connectivity index (χ4n) is 5.36. The molecule has 6 rings (SSSR count). The zero-order valence-corrected chi connectivity index (χ0v) is 21.6. The topological polar surface area (TPSA) is 110 Å². The maximum absolute atomic E-state index is 11.0. The summed E-state index contributed by atoms with van der Waals surface area (Å²) in [5.74, 6) is 0.693. The summed E-state index contributed by atoms with van der Waals surface area (Å²) in [6.07, 6.45) is 3.80. The minimum absolute atomic E-state index is 0.269. The fraction of sp³-hybridized carbons (Fsp3) is 0.226. The van der Waals surface area contributed by atoms with Gasteiger partial charge in [-0.25, -0.2) is 15.0 Å².